The molecule has 0 unspecified atom stereocenters. The second-order valence-electron chi connectivity index (χ2n) is 4.21. The van der Waals surface area contributed by atoms with Crippen molar-refractivity contribution in [1.29, 1.82) is 0 Å². The number of benzene rings is 2. The van der Waals surface area contributed by atoms with Gasteiger partial charge in [-0.15, -0.1) is 0 Å². The fourth-order valence-electron chi connectivity index (χ4n) is 1.65. The molecule has 0 fully saturated rings. The minimum absolute atomic E-state index is 0.460. The molecule has 2 aromatic carbocycles. The van der Waals surface area contributed by atoms with Crippen molar-refractivity contribution in [3.8, 4) is 0 Å². The Morgan fingerprint density at radius 3 is 2.10 bits per heavy atom. The van der Waals surface area contributed by atoms with Gasteiger partial charge in [-0.3, -0.25) is 0 Å². The maximum atomic E-state index is 5.24. The minimum Gasteiger partial charge on any atom is -0.332 e. The second kappa shape index (κ2) is 6.98. The van der Waals surface area contributed by atoms with E-state index in [0.717, 1.165) is 16.9 Å². The second-order valence-corrected chi connectivity index (χ2v) is 5.03. The first kappa shape index (κ1) is 14.4. The number of aryl methyl sites for hydroxylation is 1. The molecular formula is C15H15N3S2. The Hall–Kier alpha value is -1.98. The molecule has 5 heteroatoms. The smallest absolute Gasteiger partial charge is 0.177 e. The summed E-state index contributed by atoms with van der Waals surface area (Å²) in [7, 11) is 0. The maximum absolute atomic E-state index is 5.24. The molecule has 0 heterocycles. The van der Waals surface area contributed by atoms with E-state index in [1.807, 2.05) is 61.5 Å². The van der Waals surface area contributed by atoms with Gasteiger partial charge >= 0.3 is 0 Å². The first-order valence-electron chi connectivity index (χ1n) is 6.15. The van der Waals surface area contributed by atoms with E-state index < -0.39 is 0 Å². The van der Waals surface area contributed by atoms with Crippen molar-refractivity contribution < 1.29 is 0 Å². The van der Waals surface area contributed by atoms with Gasteiger partial charge in [-0.1, -0.05) is 36.4 Å². The SMILES string of the molecule is Cc1ccccc1NC(=S)NC(=S)Nc1ccccc1. The van der Waals surface area contributed by atoms with E-state index in [9.17, 15) is 0 Å². The third-order valence-corrected chi connectivity index (χ3v) is 3.06. The van der Waals surface area contributed by atoms with E-state index >= 15 is 0 Å². The summed E-state index contributed by atoms with van der Waals surface area (Å²) >= 11 is 10.5. The van der Waals surface area contributed by atoms with Gasteiger partial charge in [-0.05, 0) is 55.1 Å². The Bertz CT molecular complexity index is 612. The van der Waals surface area contributed by atoms with E-state index in [1.165, 1.54) is 0 Å². The normalized spacial score (nSPS) is 9.65. The van der Waals surface area contributed by atoms with Crippen LogP contribution in [0, 0.1) is 6.92 Å². The molecule has 3 nitrogen and oxygen atoms in total. The van der Waals surface area contributed by atoms with Crippen molar-refractivity contribution in [2.45, 2.75) is 6.92 Å². The van der Waals surface area contributed by atoms with Gasteiger partial charge in [-0.2, -0.15) is 0 Å². The molecule has 0 aliphatic rings. The van der Waals surface area contributed by atoms with Crippen LogP contribution in [0.4, 0.5) is 11.4 Å². The molecule has 0 aliphatic carbocycles. The number of para-hydroxylation sites is 2. The van der Waals surface area contributed by atoms with Gasteiger partial charge in [0, 0.05) is 11.4 Å². The summed E-state index contributed by atoms with van der Waals surface area (Å²) in [6, 6.07) is 17.6. The molecule has 0 saturated carbocycles. The van der Waals surface area contributed by atoms with Crippen LogP contribution in [0.3, 0.4) is 0 Å². The molecule has 102 valence electrons. The molecule has 2 rings (SSSR count). The highest BCUT2D eigenvalue weighted by Gasteiger charge is 2.03. The van der Waals surface area contributed by atoms with E-state index in [1.54, 1.807) is 0 Å². The minimum atomic E-state index is 0.460. The van der Waals surface area contributed by atoms with Crippen LogP contribution < -0.4 is 16.0 Å². The number of hydrogen-bond acceptors (Lipinski definition) is 2. The first-order chi connectivity index (χ1) is 9.65. The monoisotopic (exact) mass is 301 g/mol. The van der Waals surface area contributed by atoms with Crippen LogP contribution in [0.15, 0.2) is 54.6 Å². The van der Waals surface area contributed by atoms with Gasteiger partial charge in [0.25, 0.3) is 0 Å². The lowest BCUT2D eigenvalue weighted by Gasteiger charge is -2.14. The molecule has 0 bridgehead atoms. The number of nitrogens with one attached hydrogen (secondary N) is 3. The van der Waals surface area contributed by atoms with Crippen LogP contribution in [-0.4, -0.2) is 10.2 Å². The van der Waals surface area contributed by atoms with E-state index in [-0.39, 0.29) is 0 Å². The van der Waals surface area contributed by atoms with Crippen LogP contribution in [0.2, 0.25) is 0 Å². The Morgan fingerprint density at radius 1 is 0.800 bits per heavy atom. The lowest BCUT2D eigenvalue weighted by Crippen LogP contribution is -2.37. The molecule has 20 heavy (non-hydrogen) atoms. The Balaban J connectivity index is 1.89. The lowest BCUT2D eigenvalue weighted by molar-refractivity contribution is 1.37. The molecule has 0 amide bonds. The van der Waals surface area contributed by atoms with Crippen LogP contribution in [0.25, 0.3) is 0 Å². The molecule has 0 atom stereocenters. The van der Waals surface area contributed by atoms with Crippen LogP contribution >= 0.6 is 24.4 Å². The number of anilines is 2. The van der Waals surface area contributed by atoms with Gasteiger partial charge in [-0.25, -0.2) is 0 Å². The van der Waals surface area contributed by atoms with Crippen molar-refractivity contribution in [2.24, 2.45) is 0 Å². The fraction of sp³-hybridized carbons (Fsp3) is 0.0667. The van der Waals surface area contributed by atoms with Crippen molar-refractivity contribution in [2.75, 3.05) is 10.6 Å². The van der Waals surface area contributed by atoms with Crippen LogP contribution in [0.5, 0.6) is 0 Å². The van der Waals surface area contributed by atoms with Crippen molar-refractivity contribution in [3.63, 3.8) is 0 Å². The standard InChI is InChI=1S/C15H15N3S2/c1-11-7-5-6-10-13(11)17-15(20)18-14(19)16-12-8-3-2-4-9-12/h2-10H,1H3,(H3,16,17,18,19,20). The zero-order chi connectivity index (χ0) is 14.4. The Morgan fingerprint density at radius 2 is 1.40 bits per heavy atom. The summed E-state index contributed by atoms with van der Waals surface area (Å²) in [5, 5.41) is 10.1. The topological polar surface area (TPSA) is 36.1 Å². The summed E-state index contributed by atoms with van der Waals surface area (Å²) in [5.74, 6) is 0. The van der Waals surface area contributed by atoms with Crippen molar-refractivity contribution in [3.05, 3.63) is 60.2 Å². The van der Waals surface area contributed by atoms with Gasteiger partial charge < -0.3 is 16.0 Å². The van der Waals surface area contributed by atoms with E-state index in [2.05, 4.69) is 16.0 Å². The summed E-state index contributed by atoms with van der Waals surface area (Å²) < 4.78 is 0. The van der Waals surface area contributed by atoms with Gasteiger partial charge in [0.05, 0.1) is 0 Å². The van der Waals surface area contributed by atoms with Crippen LogP contribution in [0.1, 0.15) is 5.56 Å². The zero-order valence-electron chi connectivity index (χ0n) is 11.0. The largest absolute Gasteiger partial charge is 0.332 e. The first-order valence-corrected chi connectivity index (χ1v) is 6.96. The number of thiocarbonyl (C=S) groups is 2. The highest BCUT2D eigenvalue weighted by molar-refractivity contribution is 7.82. The number of hydrogen-bond donors (Lipinski definition) is 3. The molecule has 0 spiro atoms. The fourth-order valence-corrected chi connectivity index (χ4v) is 2.15. The molecular weight excluding hydrogens is 286 g/mol. The molecule has 0 aliphatic heterocycles. The maximum Gasteiger partial charge on any atom is 0.177 e. The summed E-state index contributed by atoms with van der Waals surface area (Å²) in [5.41, 5.74) is 3.01. The highest BCUT2D eigenvalue weighted by atomic mass is 32.1. The Kier molecular flexibility index (Phi) is 5.03. The van der Waals surface area contributed by atoms with Crippen molar-refractivity contribution >= 4 is 46.0 Å². The van der Waals surface area contributed by atoms with E-state index in [4.69, 9.17) is 24.4 Å². The number of rotatable bonds is 2. The van der Waals surface area contributed by atoms with Crippen molar-refractivity contribution in [1.82, 2.24) is 5.32 Å². The predicted molar refractivity (Wildman–Crippen MR) is 93.2 cm³/mol. The van der Waals surface area contributed by atoms with Crippen LogP contribution in [-0.2, 0) is 0 Å². The summed E-state index contributed by atoms with van der Waals surface area (Å²) in [6.45, 7) is 2.02. The summed E-state index contributed by atoms with van der Waals surface area (Å²) in [4.78, 5) is 0. The molecule has 0 radical (unpaired) electrons. The lowest BCUT2D eigenvalue weighted by atomic mass is 10.2. The van der Waals surface area contributed by atoms with E-state index in [0.29, 0.717) is 10.2 Å². The molecule has 0 saturated heterocycles. The highest BCUT2D eigenvalue weighted by Crippen LogP contribution is 2.12. The van der Waals surface area contributed by atoms with Gasteiger partial charge in [0.2, 0.25) is 0 Å². The Labute approximate surface area is 129 Å². The average Bonchev–Trinajstić information content (AvgIpc) is 2.42. The van der Waals surface area contributed by atoms with Gasteiger partial charge in [0.1, 0.15) is 0 Å². The zero-order valence-corrected chi connectivity index (χ0v) is 12.6. The quantitative estimate of drug-likeness (QED) is 0.738. The third-order valence-electron chi connectivity index (χ3n) is 2.65. The predicted octanol–water partition coefficient (Wildman–Crippen LogP) is 3.68. The third kappa shape index (κ3) is 4.29. The molecule has 2 aromatic rings. The van der Waals surface area contributed by atoms with Gasteiger partial charge in [0.15, 0.2) is 10.2 Å². The summed E-state index contributed by atoms with van der Waals surface area (Å²) in [6.07, 6.45) is 0. The molecule has 3 N–H and O–H groups in total. The average molecular weight is 301 g/mol. The molecule has 0 aromatic heterocycles.